The molecule has 2 saturated heterocycles. The Kier molecular flexibility index (Phi) is 0.628. The van der Waals surface area contributed by atoms with Gasteiger partial charge in [0.25, 0.3) is 0 Å². The molecule has 2 atom stereocenters. The number of nitrogens with zero attached hydrogens (tertiary/aromatic N) is 1. The second-order valence-corrected chi connectivity index (χ2v) is 3.88. The van der Waals surface area contributed by atoms with Gasteiger partial charge in [0.05, 0.1) is 0 Å². The highest BCUT2D eigenvalue weighted by Crippen LogP contribution is 2.60. The summed E-state index contributed by atoms with van der Waals surface area (Å²) in [5, 5.41) is 0. The second-order valence-electron chi connectivity index (χ2n) is 3.88. The van der Waals surface area contributed by atoms with Crippen LogP contribution in [0.1, 0.15) is 25.7 Å². The molecule has 0 aromatic carbocycles. The third-order valence-electron chi connectivity index (χ3n) is 3.61. The van der Waals surface area contributed by atoms with Gasteiger partial charge in [0, 0.05) is 5.54 Å². The molecule has 3 rings (SSSR count). The van der Waals surface area contributed by atoms with E-state index in [1.54, 1.807) is 6.42 Å². The zero-order valence-electron chi connectivity index (χ0n) is 5.77. The zero-order chi connectivity index (χ0) is 5.90. The van der Waals surface area contributed by atoms with E-state index in [1.165, 1.54) is 32.4 Å². The van der Waals surface area contributed by atoms with Crippen molar-refractivity contribution in [1.29, 1.82) is 0 Å². The van der Waals surface area contributed by atoms with E-state index in [0.717, 1.165) is 11.5 Å². The van der Waals surface area contributed by atoms with Gasteiger partial charge in [-0.1, -0.05) is 0 Å². The van der Waals surface area contributed by atoms with Gasteiger partial charge in [-0.2, -0.15) is 0 Å². The molecule has 50 valence electrons. The van der Waals surface area contributed by atoms with Crippen molar-refractivity contribution in [3.8, 4) is 0 Å². The number of rotatable bonds is 0. The Hall–Kier alpha value is -0.0400. The molecular formula is C8H13N. The highest BCUT2D eigenvalue weighted by Gasteiger charge is 2.62. The summed E-state index contributed by atoms with van der Waals surface area (Å²) < 4.78 is 0. The van der Waals surface area contributed by atoms with E-state index < -0.39 is 0 Å². The molecule has 1 nitrogen and oxygen atoms in total. The maximum atomic E-state index is 2.73. The summed E-state index contributed by atoms with van der Waals surface area (Å²) in [5.74, 6) is 1.14. The quantitative estimate of drug-likeness (QED) is 0.468. The smallest absolute Gasteiger partial charge is 0.0242 e. The molecule has 0 aromatic heterocycles. The van der Waals surface area contributed by atoms with E-state index in [0.29, 0.717) is 0 Å². The average molecular weight is 123 g/mol. The molecule has 9 heavy (non-hydrogen) atoms. The van der Waals surface area contributed by atoms with Gasteiger partial charge in [-0.25, -0.2) is 0 Å². The molecule has 0 N–H and O–H groups in total. The largest absolute Gasteiger partial charge is 0.297 e. The third kappa shape index (κ3) is 0.389. The molecule has 0 aromatic rings. The van der Waals surface area contributed by atoms with Crippen LogP contribution in [0.3, 0.4) is 0 Å². The van der Waals surface area contributed by atoms with Crippen LogP contribution in [-0.2, 0) is 0 Å². The minimum atomic E-state index is 0.806. The monoisotopic (exact) mass is 123 g/mol. The summed E-state index contributed by atoms with van der Waals surface area (Å²) in [6.07, 6.45) is 6.07. The SMILES string of the molecule is C1CN2CC[C@@H]3C[C@@]32C1. The second kappa shape index (κ2) is 1.20. The van der Waals surface area contributed by atoms with E-state index in [9.17, 15) is 0 Å². The fraction of sp³-hybridized carbons (Fsp3) is 1.00. The van der Waals surface area contributed by atoms with E-state index in [1.807, 2.05) is 0 Å². The Labute approximate surface area is 56.0 Å². The van der Waals surface area contributed by atoms with Crippen LogP contribution in [0.2, 0.25) is 0 Å². The maximum Gasteiger partial charge on any atom is 0.0242 e. The van der Waals surface area contributed by atoms with Gasteiger partial charge in [0.1, 0.15) is 0 Å². The maximum absolute atomic E-state index is 2.73. The van der Waals surface area contributed by atoms with Crippen molar-refractivity contribution in [2.75, 3.05) is 13.1 Å². The Morgan fingerprint density at radius 2 is 2.33 bits per heavy atom. The summed E-state index contributed by atoms with van der Waals surface area (Å²) >= 11 is 0. The van der Waals surface area contributed by atoms with Crippen molar-refractivity contribution in [3.05, 3.63) is 0 Å². The molecule has 0 unspecified atom stereocenters. The van der Waals surface area contributed by atoms with Crippen molar-refractivity contribution in [1.82, 2.24) is 4.90 Å². The van der Waals surface area contributed by atoms with Crippen LogP contribution < -0.4 is 0 Å². The van der Waals surface area contributed by atoms with Crippen LogP contribution in [0.15, 0.2) is 0 Å². The van der Waals surface area contributed by atoms with Crippen LogP contribution in [-0.4, -0.2) is 23.5 Å². The molecule has 0 radical (unpaired) electrons. The van der Waals surface area contributed by atoms with Crippen LogP contribution in [0.5, 0.6) is 0 Å². The van der Waals surface area contributed by atoms with Gasteiger partial charge < -0.3 is 0 Å². The number of hydrogen-bond acceptors (Lipinski definition) is 1. The van der Waals surface area contributed by atoms with Gasteiger partial charge in [0.2, 0.25) is 0 Å². The fourth-order valence-corrected chi connectivity index (χ4v) is 3.03. The minimum absolute atomic E-state index is 0.806. The molecule has 2 heterocycles. The molecule has 0 amide bonds. The van der Waals surface area contributed by atoms with Crippen molar-refractivity contribution in [2.24, 2.45) is 5.92 Å². The lowest BCUT2D eigenvalue weighted by molar-refractivity contribution is 0.276. The summed E-state index contributed by atoms with van der Waals surface area (Å²) in [4.78, 5) is 2.73. The molecule has 2 aliphatic heterocycles. The highest BCUT2D eigenvalue weighted by molar-refractivity contribution is 5.18. The molecular weight excluding hydrogens is 110 g/mol. The summed E-state index contributed by atoms with van der Waals surface area (Å²) in [7, 11) is 0. The normalized spacial score (nSPS) is 55.3. The number of hydrogen-bond donors (Lipinski definition) is 0. The molecule has 1 saturated carbocycles. The standard InChI is InChI=1S/C8H13N/c1-3-8-6-7(8)2-5-9(8)4-1/h7H,1-6H2/t7-,8+/m1/s1. The lowest BCUT2D eigenvalue weighted by atomic mass is 10.1. The Morgan fingerprint density at radius 1 is 1.33 bits per heavy atom. The van der Waals surface area contributed by atoms with Crippen LogP contribution in [0.25, 0.3) is 0 Å². The fourth-order valence-electron chi connectivity index (χ4n) is 3.03. The molecule has 1 heteroatoms. The molecule has 0 bridgehead atoms. The first-order valence-corrected chi connectivity index (χ1v) is 4.17. The Morgan fingerprint density at radius 3 is 3.11 bits per heavy atom. The lowest BCUT2D eigenvalue weighted by Crippen LogP contribution is -2.27. The van der Waals surface area contributed by atoms with Crippen molar-refractivity contribution >= 4 is 0 Å². The zero-order valence-corrected chi connectivity index (χ0v) is 5.77. The van der Waals surface area contributed by atoms with Crippen LogP contribution in [0.4, 0.5) is 0 Å². The molecule has 1 aliphatic carbocycles. The molecule has 1 spiro atoms. The van der Waals surface area contributed by atoms with Crippen LogP contribution >= 0.6 is 0 Å². The van der Waals surface area contributed by atoms with Gasteiger partial charge in [-0.05, 0) is 44.7 Å². The van der Waals surface area contributed by atoms with E-state index in [4.69, 9.17) is 0 Å². The van der Waals surface area contributed by atoms with Crippen molar-refractivity contribution in [3.63, 3.8) is 0 Å². The van der Waals surface area contributed by atoms with Gasteiger partial charge >= 0.3 is 0 Å². The highest BCUT2D eigenvalue weighted by atomic mass is 15.3. The van der Waals surface area contributed by atoms with Crippen LogP contribution in [0, 0.1) is 5.92 Å². The minimum Gasteiger partial charge on any atom is -0.297 e. The predicted octanol–water partition coefficient (Wildman–Crippen LogP) is 1.24. The third-order valence-corrected chi connectivity index (χ3v) is 3.61. The summed E-state index contributed by atoms with van der Waals surface area (Å²) in [6, 6.07) is 0. The first kappa shape index (κ1) is 4.73. The summed E-state index contributed by atoms with van der Waals surface area (Å²) in [5.41, 5.74) is 0.806. The Balaban J connectivity index is 1.99. The van der Waals surface area contributed by atoms with Gasteiger partial charge in [-0.3, -0.25) is 4.90 Å². The predicted molar refractivity (Wildman–Crippen MR) is 36.3 cm³/mol. The van der Waals surface area contributed by atoms with Gasteiger partial charge in [0.15, 0.2) is 0 Å². The molecule has 3 fully saturated rings. The van der Waals surface area contributed by atoms with E-state index in [-0.39, 0.29) is 0 Å². The summed E-state index contributed by atoms with van der Waals surface area (Å²) in [6.45, 7) is 2.83. The topological polar surface area (TPSA) is 3.24 Å². The van der Waals surface area contributed by atoms with E-state index in [2.05, 4.69) is 4.90 Å². The molecule has 3 aliphatic rings. The lowest BCUT2D eigenvalue weighted by Gasteiger charge is -2.17. The average Bonchev–Trinajstić information content (AvgIpc) is 2.30. The van der Waals surface area contributed by atoms with Gasteiger partial charge in [-0.15, -0.1) is 0 Å². The Bertz CT molecular complexity index is 153. The first-order chi connectivity index (χ1) is 4.42. The van der Waals surface area contributed by atoms with Crippen molar-refractivity contribution in [2.45, 2.75) is 31.2 Å². The number of piperidine rings is 1. The van der Waals surface area contributed by atoms with E-state index >= 15 is 0 Å². The first-order valence-electron chi connectivity index (χ1n) is 4.17. The van der Waals surface area contributed by atoms with Crippen molar-refractivity contribution < 1.29 is 0 Å².